The Morgan fingerprint density at radius 2 is 1.61 bits per heavy atom. The summed E-state index contributed by atoms with van der Waals surface area (Å²) in [5.41, 5.74) is 0.887. The maximum absolute atomic E-state index is 13.0. The van der Waals surface area contributed by atoms with Crippen LogP contribution in [0.25, 0.3) is 5.76 Å². The van der Waals surface area contributed by atoms with Crippen LogP contribution < -0.4 is 14.4 Å². The largest absolute Gasteiger partial charge is 0.507 e. The Bertz CT molecular complexity index is 1160. The van der Waals surface area contributed by atoms with Crippen molar-refractivity contribution >= 4 is 23.4 Å². The fourth-order valence-electron chi connectivity index (χ4n) is 3.54. The number of carbonyl (C=O) groups is 2. The number of aromatic nitrogens is 2. The third-order valence-corrected chi connectivity index (χ3v) is 4.98. The first-order valence-corrected chi connectivity index (χ1v) is 9.42. The smallest absolute Gasteiger partial charge is 0.302 e. The van der Waals surface area contributed by atoms with Crippen LogP contribution in [0.15, 0.2) is 72.6 Å². The highest BCUT2D eigenvalue weighted by molar-refractivity contribution is 6.51. The number of hydrogen-bond donors (Lipinski definition) is 1. The Morgan fingerprint density at radius 1 is 0.935 bits per heavy atom. The molecule has 8 heteroatoms. The van der Waals surface area contributed by atoms with Gasteiger partial charge < -0.3 is 14.6 Å². The molecule has 8 nitrogen and oxygen atoms in total. The van der Waals surface area contributed by atoms with E-state index in [9.17, 15) is 14.7 Å². The zero-order chi connectivity index (χ0) is 22.0. The van der Waals surface area contributed by atoms with Gasteiger partial charge in [0.05, 0.1) is 25.8 Å². The van der Waals surface area contributed by atoms with Crippen LogP contribution in [0.4, 0.5) is 5.95 Å². The number of Topliss-reactive ketones (excluding diaryl/α,β-unsaturated/α-hetero) is 1. The SMILES string of the molecule is COc1ccc([C@H]2/C(=C(\O)c3ccccc3)C(=O)C(=O)N2c2ncccn2)cc1OC. The summed E-state index contributed by atoms with van der Waals surface area (Å²) in [6.45, 7) is 0. The van der Waals surface area contributed by atoms with Gasteiger partial charge in [0.1, 0.15) is 5.76 Å². The van der Waals surface area contributed by atoms with Crippen molar-refractivity contribution < 1.29 is 24.2 Å². The molecule has 31 heavy (non-hydrogen) atoms. The lowest BCUT2D eigenvalue weighted by atomic mass is 9.95. The highest BCUT2D eigenvalue weighted by atomic mass is 16.5. The van der Waals surface area contributed by atoms with E-state index in [1.807, 2.05) is 0 Å². The van der Waals surface area contributed by atoms with Crippen molar-refractivity contribution in [3.05, 3.63) is 83.7 Å². The van der Waals surface area contributed by atoms with Crippen LogP contribution in [-0.4, -0.2) is 41.0 Å². The van der Waals surface area contributed by atoms with E-state index in [2.05, 4.69) is 9.97 Å². The lowest BCUT2D eigenvalue weighted by molar-refractivity contribution is -0.132. The van der Waals surface area contributed by atoms with Crippen LogP contribution in [0.2, 0.25) is 0 Å². The number of ether oxygens (including phenoxy) is 2. The summed E-state index contributed by atoms with van der Waals surface area (Å²) in [4.78, 5) is 35.5. The predicted molar refractivity (Wildman–Crippen MR) is 113 cm³/mol. The molecule has 0 radical (unpaired) electrons. The van der Waals surface area contributed by atoms with Gasteiger partial charge in [0.15, 0.2) is 11.5 Å². The fraction of sp³-hybridized carbons (Fsp3) is 0.130. The third-order valence-electron chi connectivity index (χ3n) is 4.98. The Hall–Kier alpha value is -4.20. The maximum Gasteiger partial charge on any atom is 0.302 e. The van der Waals surface area contributed by atoms with Crippen molar-refractivity contribution in [2.24, 2.45) is 0 Å². The van der Waals surface area contributed by atoms with Crippen LogP contribution in [0.5, 0.6) is 11.5 Å². The number of aliphatic hydroxyl groups excluding tert-OH is 1. The first kappa shape index (κ1) is 20.1. The number of amides is 1. The second kappa shape index (κ2) is 8.27. The molecule has 4 rings (SSSR count). The number of aliphatic hydroxyl groups is 1. The number of carbonyl (C=O) groups excluding carboxylic acids is 2. The number of ketones is 1. The molecule has 2 heterocycles. The molecule has 1 N–H and O–H groups in total. The van der Waals surface area contributed by atoms with E-state index < -0.39 is 17.7 Å². The molecule has 1 fully saturated rings. The number of benzene rings is 2. The van der Waals surface area contributed by atoms with Crippen LogP contribution in [0, 0.1) is 0 Å². The molecule has 1 amide bonds. The second-order valence-electron chi connectivity index (χ2n) is 6.70. The second-order valence-corrected chi connectivity index (χ2v) is 6.70. The Labute approximate surface area is 178 Å². The van der Waals surface area contributed by atoms with E-state index in [1.165, 1.54) is 31.5 Å². The van der Waals surface area contributed by atoms with Gasteiger partial charge in [-0.3, -0.25) is 14.5 Å². The Balaban J connectivity index is 1.96. The minimum Gasteiger partial charge on any atom is -0.507 e. The molecule has 1 saturated heterocycles. The highest BCUT2D eigenvalue weighted by Gasteiger charge is 2.48. The minimum absolute atomic E-state index is 0.0523. The molecule has 2 aromatic carbocycles. The average Bonchev–Trinajstić information content (AvgIpc) is 3.09. The number of nitrogens with zero attached hydrogens (tertiary/aromatic N) is 3. The zero-order valence-corrected chi connectivity index (χ0v) is 16.9. The zero-order valence-electron chi connectivity index (χ0n) is 16.9. The monoisotopic (exact) mass is 417 g/mol. The number of methoxy groups -OCH3 is 2. The topological polar surface area (TPSA) is 102 Å². The first-order chi connectivity index (χ1) is 15.1. The first-order valence-electron chi connectivity index (χ1n) is 9.42. The minimum atomic E-state index is -0.956. The summed E-state index contributed by atoms with van der Waals surface area (Å²) in [6, 6.07) is 14.3. The van der Waals surface area contributed by atoms with Gasteiger partial charge >= 0.3 is 5.91 Å². The van der Waals surface area contributed by atoms with Crippen molar-refractivity contribution in [3.63, 3.8) is 0 Å². The molecule has 1 aliphatic heterocycles. The van der Waals surface area contributed by atoms with Gasteiger partial charge in [-0.25, -0.2) is 9.97 Å². The van der Waals surface area contributed by atoms with Crippen LogP contribution in [0.3, 0.4) is 0 Å². The quantitative estimate of drug-likeness (QED) is 0.387. The van der Waals surface area contributed by atoms with E-state index in [0.29, 0.717) is 22.6 Å². The summed E-state index contributed by atoms with van der Waals surface area (Å²) in [7, 11) is 3.00. The number of hydrogen-bond acceptors (Lipinski definition) is 7. The Kier molecular flexibility index (Phi) is 5.36. The molecule has 0 unspecified atom stereocenters. The van der Waals surface area contributed by atoms with Gasteiger partial charge in [-0.15, -0.1) is 0 Å². The molecular weight excluding hydrogens is 398 g/mol. The van der Waals surface area contributed by atoms with Gasteiger partial charge in [-0.1, -0.05) is 36.4 Å². The van der Waals surface area contributed by atoms with Crippen LogP contribution in [-0.2, 0) is 9.59 Å². The van der Waals surface area contributed by atoms with Crippen LogP contribution >= 0.6 is 0 Å². The maximum atomic E-state index is 13.0. The van der Waals surface area contributed by atoms with Gasteiger partial charge in [-0.2, -0.15) is 0 Å². The van der Waals surface area contributed by atoms with Gasteiger partial charge in [0, 0.05) is 18.0 Å². The van der Waals surface area contributed by atoms with Gasteiger partial charge in [0.2, 0.25) is 5.95 Å². The van der Waals surface area contributed by atoms with Gasteiger partial charge in [-0.05, 0) is 23.8 Å². The molecule has 1 aromatic heterocycles. The summed E-state index contributed by atoms with van der Waals surface area (Å²) in [6.07, 6.45) is 2.95. The van der Waals surface area contributed by atoms with E-state index >= 15 is 0 Å². The molecule has 3 aromatic rings. The molecule has 0 saturated carbocycles. The molecule has 1 aliphatic rings. The van der Waals surface area contributed by atoms with E-state index in [0.717, 1.165) is 0 Å². The summed E-state index contributed by atoms with van der Waals surface area (Å²) in [5.74, 6) is -0.979. The summed E-state index contributed by atoms with van der Waals surface area (Å²) in [5, 5.41) is 11.0. The van der Waals surface area contributed by atoms with E-state index in [1.54, 1.807) is 54.6 Å². The lowest BCUT2D eigenvalue weighted by Crippen LogP contribution is -2.31. The normalized spacial score (nSPS) is 17.6. The van der Waals surface area contributed by atoms with E-state index in [4.69, 9.17) is 9.47 Å². The number of anilines is 1. The molecule has 0 bridgehead atoms. The molecular formula is C23H19N3O5. The van der Waals surface area contributed by atoms with Crippen molar-refractivity contribution in [2.45, 2.75) is 6.04 Å². The van der Waals surface area contributed by atoms with Crippen LogP contribution in [0.1, 0.15) is 17.2 Å². The van der Waals surface area contributed by atoms with Crippen molar-refractivity contribution in [3.8, 4) is 11.5 Å². The molecule has 0 spiro atoms. The predicted octanol–water partition coefficient (Wildman–Crippen LogP) is 3.12. The summed E-state index contributed by atoms with van der Waals surface area (Å²) < 4.78 is 10.7. The Morgan fingerprint density at radius 3 is 2.26 bits per heavy atom. The lowest BCUT2D eigenvalue weighted by Gasteiger charge is -2.24. The standard InChI is InChI=1S/C23H19N3O5/c1-30-16-10-9-15(13-17(16)31-2)19-18(20(27)14-7-4-3-5-8-14)21(28)22(29)26(19)23-24-11-6-12-25-23/h3-13,19,27H,1-2H3/b20-18+/t19-/m0/s1. The van der Waals surface area contributed by atoms with Crippen molar-refractivity contribution in [2.75, 3.05) is 19.1 Å². The molecule has 0 aliphatic carbocycles. The molecule has 1 atom stereocenters. The van der Waals surface area contributed by atoms with Crippen molar-refractivity contribution in [1.82, 2.24) is 9.97 Å². The molecule has 156 valence electrons. The van der Waals surface area contributed by atoms with Gasteiger partial charge in [0.25, 0.3) is 5.78 Å². The summed E-state index contributed by atoms with van der Waals surface area (Å²) >= 11 is 0. The fourth-order valence-corrected chi connectivity index (χ4v) is 3.54. The van der Waals surface area contributed by atoms with E-state index in [-0.39, 0.29) is 17.3 Å². The van der Waals surface area contributed by atoms with Crippen molar-refractivity contribution in [1.29, 1.82) is 0 Å². The number of rotatable bonds is 5. The average molecular weight is 417 g/mol. The highest BCUT2D eigenvalue weighted by Crippen LogP contribution is 2.43. The third kappa shape index (κ3) is 3.48.